The van der Waals surface area contributed by atoms with Gasteiger partial charge in [0.05, 0.1) is 6.04 Å². The van der Waals surface area contributed by atoms with Crippen molar-refractivity contribution in [2.24, 2.45) is 5.73 Å². The lowest BCUT2D eigenvalue weighted by Crippen LogP contribution is -2.33. The molecule has 5 nitrogen and oxygen atoms in total. The third-order valence-electron chi connectivity index (χ3n) is 3.53. The van der Waals surface area contributed by atoms with E-state index in [0.717, 1.165) is 18.0 Å². The largest absolute Gasteiger partial charge is 0.351 e. The lowest BCUT2D eigenvalue weighted by molar-refractivity contribution is 0.0946. The summed E-state index contributed by atoms with van der Waals surface area (Å²) in [7, 11) is 0. The van der Waals surface area contributed by atoms with E-state index in [4.69, 9.17) is 5.73 Å². The summed E-state index contributed by atoms with van der Waals surface area (Å²) in [5, 5.41) is 5.51. The smallest absolute Gasteiger partial charge is 0.270 e. The van der Waals surface area contributed by atoms with Crippen LogP contribution in [0.4, 0.5) is 0 Å². The molecule has 1 aliphatic heterocycles. The van der Waals surface area contributed by atoms with Crippen LogP contribution in [0.15, 0.2) is 5.38 Å². The molecule has 1 aliphatic rings. The zero-order valence-electron chi connectivity index (χ0n) is 12.1. The lowest BCUT2D eigenvalue weighted by atomic mass is 10.1. The van der Waals surface area contributed by atoms with Crippen LogP contribution in [0.2, 0.25) is 0 Å². The minimum atomic E-state index is -0.111. The summed E-state index contributed by atoms with van der Waals surface area (Å²) in [6.07, 6.45) is 4.98. The molecule has 1 saturated heterocycles. The first-order valence-corrected chi connectivity index (χ1v) is 8.26. The number of hydrogen-bond acceptors (Lipinski definition) is 5. The average molecular weight is 296 g/mol. The number of piperidine rings is 1. The highest BCUT2D eigenvalue weighted by Crippen LogP contribution is 2.15. The summed E-state index contributed by atoms with van der Waals surface area (Å²) in [6, 6.07) is -0.111. The van der Waals surface area contributed by atoms with Gasteiger partial charge in [-0.3, -0.25) is 4.79 Å². The first-order chi connectivity index (χ1) is 9.66. The highest BCUT2D eigenvalue weighted by molar-refractivity contribution is 7.09. The van der Waals surface area contributed by atoms with Crippen molar-refractivity contribution >= 4 is 17.2 Å². The van der Waals surface area contributed by atoms with Crippen molar-refractivity contribution in [2.75, 3.05) is 26.2 Å². The van der Waals surface area contributed by atoms with Crippen LogP contribution in [0.1, 0.15) is 54.1 Å². The van der Waals surface area contributed by atoms with Crippen LogP contribution in [0.3, 0.4) is 0 Å². The first kappa shape index (κ1) is 15.4. The Hall–Kier alpha value is -0.980. The fourth-order valence-electron chi connectivity index (χ4n) is 2.38. The molecule has 0 radical (unpaired) electrons. The van der Waals surface area contributed by atoms with Gasteiger partial charge < -0.3 is 16.0 Å². The number of thiazole rings is 1. The lowest BCUT2D eigenvalue weighted by Gasteiger charge is -2.26. The zero-order valence-corrected chi connectivity index (χ0v) is 12.9. The SMILES string of the molecule is CC(N)c1nc(C(=O)NCCCN2CCCCC2)cs1. The number of nitrogens with one attached hydrogen (secondary N) is 1. The molecule has 2 heterocycles. The average Bonchev–Trinajstić information content (AvgIpc) is 2.94. The van der Waals surface area contributed by atoms with Crippen molar-refractivity contribution in [3.8, 4) is 0 Å². The second kappa shape index (κ2) is 7.71. The van der Waals surface area contributed by atoms with Gasteiger partial charge in [-0.15, -0.1) is 11.3 Å². The molecule has 20 heavy (non-hydrogen) atoms. The molecule has 1 fully saturated rings. The van der Waals surface area contributed by atoms with Crippen molar-refractivity contribution in [1.29, 1.82) is 0 Å². The summed E-state index contributed by atoms with van der Waals surface area (Å²) in [5.74, 6) is -0.0909. The minimum absolute atomic E-state index is 0.0909. The van der Waals surface area contributed by atoms with Crippen molar-refractivity contribution in [1.82, 2.24) is 15.2 Å². The molecule has 1 amide bonds. The van der Waals surface area contributed by atoms with E-state index >= 15 is 0 Å². The molecule has 1 aromatic rings. The number of nitrogens with zero attached hydrogens (tertiary/aromatic N) is 2. The molecule has 0 spiro atoms. The number of carbonyl (C=O) groups is 1. The molecule has 3 N–H and O–H groups in total. The Kier molecular flexibility index (Phi) is 5.94. The number of likely N-dealkylation sites (tertiary alicyclic amines) is 1. The molecule has 0 aliphatic carbocycles. The Morgan fingerprint density at radius 2 is 2.25 bits per heavy atom. The third kappa shape index (κ3) is 4.54. The van der Waals surface area contributed by atoms with Gasteiger partial charge in [0.15, 0.2) is 0 Å². The molecule has 6 heteroatoms. The Balaban J connectivity index is 1.66. The summed E-state index contributed by atoms with van der Waals surface area (Å²) in [5.41, 5.74) is 6.23. The molecule has 0 aromatic carbocycles. The molecular weight excluding hydrogens is 272 g/mol. The van der Waals surface area contributed by atoms with E-state index in [0.29, 0.717) is 12.2 Å². The second-order valence-corrected chi connectivity index (χ2v) is 6.26. The quantitative estimate of drug-likeness (QED) is 0.785. The van der Waals surface area contributed by atoms with E-state index in [9.17, 15) is 4.79 Å². The van der Waals surface area contributed by atoms with Gasteiger partial charge in [0.25, 0.3) is 5.91 Å². The summed E-state index contributed by atoms with van der Waals surface area (Å²) in [4.78, 5) is 18.6. The fraction of sp³-hybridized carbons (Fsp3) is 0.714. The predicted molar refractivity (Wildman–Crippen MR) is 82.0 cm³/mol. The van der Waals surface area contributed by atoms with E-state index in [-0.39, 0.29) is 11.9 Å². The van der Waals surface area contributed by atoms with Crippen LogP contribution in [-0.4, -0.2) is 42.0 Å². The molecule has 112 valence electrons. The van der Waals surface area contributed by atoms with Crippen LogP contribution < -0.4 is 11.1 Å². The Morgan fingerprint density at radius 3 is 2.90 bits per heavy atom. The number of hydrogen-bond donors (Lipinski definition) is 2. The van der Waals surface area contributed by atoms with Crippen molar-refractivity contribution in [3.63, 3.8) is 0 Å². The van der Waals surface area contributed by atoms with Crippen LogP contribution in [0.25, 0.3) is 0 Å². The Labute approximate surface area is 124 Å². The van der Waals surface area contributed by atoms with Gasteiger partial charge in [0.1, 0.15) is 10.7 Å². The summed E-state index contributed by atoms with van der Waals surface area (Å²) in [6.45, 7) is 6.07. The van der Waals surface area contributed by atoms with Crippen molar-refractivity contribution < 1.29 is 4.79 Å². The summed E-state index contributed by atoms with van der Waals surface area (Å²) >= 11 is 1.44. The highest BCUT2D eigenvalue weighted by atomic mass is 32.1. The highest BCUT2D eigenvalue weighted by Gasteiger charge is 2.13. The van der Waals surface area contributed by atoms with E-state index < -0.39 is 0 Å². The Morgan fingerprint density at radius 1 is 1.50 bits per heavy atom. The minimum Gasteiger partial charge on any atom is -0.351 e. The van der Waals surface area contributed by atoms with Gasteiger partial charge in [-0.2, -0.15) is 0 Å². The van der Waals surface area contributed by atoms with E-state index in [1.54, 1.807) is 5.38 Å². The third-order valence-corrected chi connectivity index (χ3v) is 4.58. The molecule has 0 saturated carbocycles. The number of rotatable bonds is 6. The van der Waals surface area contributed by atoms with Gasteiger partial charge in [0.2, 0.25) is 0 Å². The molecule has 1 unspecified atom stereocenters. The predicted octanol–water partition coefficient (Wildman–Crippen LogP) is 1.77. The first-order valence-electron chi connectivity index (χ1n) is 7.38. The molecule has 0 bridgehead atoms. The van der Waals surface area contributed by atoms with E-state index in [2.05, 4.69) is 15.2 Å². The van der Waals surface area contributed by atoms with Gasteiger partial charge in [-0.1, -0.05) is 6.42 Å². The van der Waals surface area contributed by atoms with E-state index in [1.807, 2.05) is 6.92 Å². The standard InChI is InChI=1S/C14H24N4OS/c1-11(15)14-17-12(10-20-14)13(19)16-6-5-9-18-7-3-2-4-8-18/h10-11H,2-9,15H2,1H3,(H,16,19). The molecule has 1 atom stereocenters. The van der Waals surface area contributed by atoms with Gasteiger partial charge in [0, 0.05) is 11.9 Å². The van der Waals surface area contributed by atoms with Gasteiger partial charge >= 0.3 is 0 Å². The maximum atomic E-state index is 11.9. The molecule has 1 aromatic heterocycles. The van der Waals surface area contributed by atoms with Gasteiger partial charge in [-0.25, -0.2) is 4.98 Å². The molecule has 2 rings (SSSR count). The van der Waals surface area contributed by atoms with Crippen molar-refractivity contribution in [3.05, 3.63) is 16.1 Å². The van der Waals surface area contributed by atoms with Gasteiger partial charge in [-0.05, 0) is 45.8 Å². The van der Waals surface area contributed by atoms with Crippen LogP contribution >= 0.6 is 11.3 Å². The number of aromatic nitrogens is 1. The number of amides is 1. The number of carbonyl (C=O) groups excluding carboxylic acids is 1. The maximum Gasteiger partial charge on any atom is 0.270 e. The van der Waals surface area contributed by atoms with E-state index in [1.165, 1.54) is 43.7 Å². The summed E-state index contributed by atoms with van der Waals surface area (Å²) < 4.78 is 0. The Bertz CT molecular complexity index is 427. The van der Waals surface area contributed by atoms with Crippen molar-refractivity contribution in [2.45, 2.75) is 38.6 Å². The zero-order chi connectivity index (χ0) is 14.4. The van der Waals surface area contributed by atoms with Crippen LogP contribution in [0.5, 0.6) is 0 Å². The molecular formula is C14H24N4OS. The van der Waals surface area contributed by atoms with Crippen LogP contribution in [0, 0.1) is 0 Å². The number of nitrogens with two attached hydrogens (primary N) is 1. The fourth-order valence-corrected chi connectivity index (χ4v) is 3.14. The maximum absolute atomic E-state index is 11.9. The second-order valence-electron chi connectivity index (χ2n) is 5.37. The topological polar surface area (TPSA) is 71.2 Å². The van der Waals surface area contributed by atoms with Crippen LogP contribution in [-0.2, 0) is 0 Å². The normalized spacial score (nSPS) is 17.9. The monoisotopic (exact) mass is 296 g/mol.